The second-order valence-corrected chi connectivity index (χ2v) is 8.22. The normalized spacial score (nSPS) is 10.6. The summed E-state index contributed by atoms with van der Waals surface area (Å²) in [6, 6.07) is 14.9. The molecule has 0 spiro atoms. The largest absolute Gasteiger partial charge is 0.296 e. The van der Waals surface area contributed by atoms with Crippen molar-refractivity contribution < 1.29 is 4.79 Å². The van der Waals surface area contributed by atoms with Crippen molar-refractivity contribution in [2.24, 2.45) is 0 Å². The molecule has 122 valence electrons. The lowest BCUT2D eigenvalue weighted by atomic mass is 10.2. The Hall–Kier alpha value is -1.41. The maximum atomic E-state index is 12.2. The summed E-state index contributed by atoms with van der Waals surface area (Å²) >= 11 is 12.2. The molecule has 0 fully saturated rings. The van der Waals surface area contributed by atoms with E-state index in [-0.39, 0.29) is 5.91 Å². The number of carbonyl (C=O) groups excluding carboxylic acids is 1. The predicted molar refractivity (Wildman–Crippen MR) is 103 cm³/mol. The number of thioether (sulfide) groups is 1. The van der Waals surface area contributed by atoms with E-state index in [1.165, 1.54) is 11.3 Å². The van der Waals surface area contributed by atoms with Crippen molar-refractivity contribution in [1.29, 1.82) is 0 Å². The fourth-order valence-corrected chi connectivity index (χ4v) is 4.27. The molecule has 0 aliphatic rings. The molecule has 0 aliphatic heterocycles. The molecular formula is C16H11BrClN3OS2. The third kappa shape index (κ3) is 4.57. The van der Waals surface area contributed by atoms with Gasteiger partial charge in [0, 0.05) is 15.2 Å². The third-order valence-corrected chi connectivity index (χ3v) is 5.97. The number of amides is 1. The first-order chi connectivity index (χ1) is 11.6. The molecule has 4 nitrogen and oxygen atoms in total. The van der Waals surface area contributed by atoms with Crippen molar-refractivity contribution in [3.63, 3.8) is 0 Å². The molecule has 3 aromatic rings. The number of anilines is 1. The summed E-state index contributed by atoms with van der Waals surface area (Å²) in [6.07, 6.45) is 0. The first-order valence-electron chi connectivity index (χ1n) is 6.88. The summed E-state index contributed by atoms with van der Waals surface area (Å²) < 4.78 is 1.53. The number of hydrogen-bond donors (Lipinski definition) is 1. The van der Waals surface area contributed by atoms with E-state index in [0.29, 0.717) is 15.7 Å². The van der Waals surface area contributed by atoms with Gasteiger partial charge in [-0.2, -0.15) is 0 Å². The smallest absolute Gasteiger partial charge is 0.258 e. The van der Waals surface area contributed by atoms with Crippen LogP contribution in [-0.2, 0) is 5.75 Å². The molecule has 1 N–H and O–H groups in total. The van der Waals surface area contributed by atoms with Crippen LogP contribution in [0.2, 0.25) is 5.02 Å². The molecule has 0 bridgehead atoms. The van der Waals surface area contributed by atoms with E-state index in [1.807, 2.05) is 42.5 Å². The van der Waals surface area contributed by atoms with Crippen LogP contribution in [0.15, 0.2) is 57.3 Å². The van der Waals surface area contributed by atoms with Crippen molar-refractivity contribution in [3.8, 4) is 0 Å². The fourth-order valence-electron chi connectivity index (χ4n) is 1.90. The average molecular weight is 441 g/mol. The van der Waals surface area contributed by atoms with E-state index < -0.39 is 0 Å². The molecule has 24 heavy (non-hydrogen) atoms. The molecular weight excluding hydrogens is 430 g/mol. The molecule has 2 aromatic carbocycles. The molecule has 0 saturated heterocycles. The van der Waals surface area contributed by atoms with Gasteiger partial charge in [-0.1, -0.05) is 59.0 Å². The molecule has 0 unspecified atom stereocenters. The average Bonchev–Trinajstić information content (AvgIpc) is 3.01. The third-order valence-electron chi connectivity index (χ3n) is 3.00. The maximum absolute atomic E-state index is 12.2. The van der Waals surface area contributed by atoms with E-state index in [2.05, 4.69) is 31.4 Å². The second-order valence-electron chi connectivity index (χ2n) is 4.73. The van der Waals surface area contributed by atoms with E-state index in [0.717, 1.165) is 20.1 Å². The van der Waals surface area contributed by atoms with Crippen molar-refractivity contribution in [2.75, 3.05) is 5.32 Å². The summed E-state index contributed by atoms with van der Waals surface area (Å²) in [5.41, 5.74) is 1.67. The Morgan fingerprint density at radius 1 is 1.21 bits per heavy atom. The number of nitrogens with zero attached hydrogens (tertiary/aromatic N) is 2. The Labute approximate surface area is 160 Å². The van der Waals surface area contributed by atoms with E-state index >= 15 is 0 Å². The highest BCUT2D eigenvalue weighted by Crippen LogP contribution is 2.29. The minimum absolute atomic E-state index is 0.218. The van der Waals surface area contributed by atoms with Gasteiger partial charge in [0.1, 0.15) is 0 Å². The van der Waals surface area contributed by atoms with Crippen LogP contribution in [0.3, 0.4) is 0 Å². The van der Waals surface area contributed by atoms with Gasteiger partial charge in [-0.3, -0.25) is 10.1 Å². The lowest BCUT2D eigenvalue weighted by Crippen LogP contribution is -2.12. The molecule has 8 heteroatoms. The minimum atomic E-state index is -0.218. The zero-order valence-electron chi connectivity index (χ0n) is 12.2. The predicted octanol–water partition coefficient (Wildman–Crippen LogP) is 5.50. The summed E-state index contributed by atoms with van der Waals surface area (Å²) in [6.45, 7) is 0. The highest BCUT2D eigenvalue weighted by atomic mass is 79.9. The summed E-state index contributed by atoms with van der Waals surface area (Å²) in [5, 5.41) is 12.1. The monoisotopic (exact) mass is 439 g/mol. The zero-order valence-corrected chi connectivity index (χ0v) is 16.2. The Kier molecular flexibility index (Phi) is 5.89. The van der Waals surface area contributed by atoms with Crippen LogP contribution in [0.1, 0.15) is 15.9 Å². The van der Waals surface area contributed by atoms with Gasteiger partial charge in [0.15, 0.2) is 4.34 Å². The zero-order chi connectivity index (χ0) is 16.9. The van der Waals surface area contributed by atoms with Crippen LogP contribution in [0.5, 0.6) is 0 Å². The van der Waals surface area contributed by atoms with Crippen molar-refractivity contribution in [3.05, 3.63) is 69.2 Å². The van der Waals surface area contributed by atoms with Crippen LogP contribution >= 0.6 is 50.6 Å². The summed E-state index contributed by atoms with van der Waals surface area (Å²) in [7, 11) is 0. The number of benzene rings is 2. The molecule has 1 heterocycles. The summed E-state index contributed by atoms with van der Waals surface area (Å²) in [4.78, 5) is 12.2. The Morgan fingerprint density at radius 3 is 2.83 bits per heavy atom. The second kappa shape index (κ2) is 8.11. The maximum Gasteiger partial charge on any atom is 0.258 e. The van der Waals surface area contributed by atoms with E-state index in [4.69, 9.17) is 11.6 Å². The van der Waals surface area contributed by atoms with Gasteiger partial charge in [0.25, 0.3) is 5.91 Å². The van der Waals surface area contributed by atoms with Crippen molar-refractivity contribution >= 4 is 61.7 Å². The number of carbonyl (C=O) groups is 1. The van der Waals surface area contributed by atoms with Gasteiger partial charge in [0.2, 0.25) is 5.13 Å². The minimum Gasteiger partial charge on any atom is -0.296 e. The van der Waals surface area contributed by atoms with Crippen LogP contribution in [0.4, 0.5) is 5.13 Å². The Bertz CT molecular complexity index is 872. The van der Waals surface area contributed by atoms with Gasteiger partial charge < -0.3 is 0 Å². The van der Waals surface area contributed by atoms with Crippen LogP contribution in [-0.4, -0.2) is 16.1 Å². The lowest BCUT2D eigenvalue weighted by Gasteiger charge is -2.02. The molecule has 3 rings (SSSR count). The first kappa shape index (κ1) is 17.4. The highest BCUT2D eigenvalue weighted by Gasteiger charge is 2.12. The molecule has 0 aliphatic carbocycles. The van der Waals surface area contributed by atoms with Gasteiger partial charge in [-0.05, 0) is 45.8 Å². The van der Waals surface area contributed by atoms with Gasteiger partial charge in [0.05, 0.1) is 5.56 Å². The van der Waals surface area contributed by atoms with E-state index in [9.17, 15) is 4.79 Å². The van der Waals surface area contributed by atoms with E-state index in [1.54, 1.807) is 17.8 Å². The van der Waals surface area contributed by atoms with Gasteiger partial charge >= 0.3 is 0 Å². The fraction of sp³-hybridized carbons (Fsp3) is 0.0625. The number of nitrogens with one attached hydrogen (secondary N) is 1. The Balaban J connectivity index is 1.61. The quantitative estimate of drug-likeness (QED) is 0.420. The number of aromatic nitrogens is 2. The molecule has 0 atom stereocenters. The van der Waals surface area contributed by atoms with Gasteiger partial charge in [-0.25, -0.2) is 0 Å². The van der Waals surface area contributed by atoms with Crippen LogP contribution < -0.4 is 5.32 Å². The molecule has 1 amide bonds. The Morgan fingerprint density at radius 2 is 2.04 bits per heavy atom. The SMILES string of the molecule is O=C(Nc1nnc(SCc2cccc(Cl)c2)s1)c1ccccc1Br. The molecule has 0 saturated carbocycles. The number of hydrogen-bond acceptors (Lipinski definition) is 5. The molecule has 0 radical (unpaired) electrons. The standard InChI is InChI=1S/C16H11BrClN3OS2/c17-13-7-2-1-6-12(13)14(22)19-15-20-21-16(24-15)23-9-10-4-3-5-11(18)8-10/h1-8H,9H2,(H,19,20,22). The highest BCUT2D eigenvalue weighted by molar-refractivity contribution is 9.10. The first-order valence-corrected chi connectivity index (χ1v) is 9.86. The van der Waals surface area contributed by atoms with Crippen molar-refractivity contribution in [2.45, 2.75) is 10.1 Å². The number of halogens is 2. The van der Waals surface area contributed by atoms with Crippen molar-refractivity contribution in [1.82, 2.24) is 10.2 Å². The van der Waals surface area contributed by atoms with Gasteiger partial charge in [-0.15, -0.1) is 10.2 Å². The number of rotatable bonds is 5. The summed E-state index contributed by atoms with van der Waals surface area (Å²) in [5.74, 6) is 0.526. The van der Waals surface area contributed by atoms with Crippen LogP contribution in [0.25, 0.3) is 0 Å². The van der Waals surface area contributed by atoms with Crippen LogP contribution in [0, 0.1) is 0 Å². The lowest BCUT2D eigenvalue weighted by molar-refractivity contribution is 0.102. The topological polar surface area (TPSA) is 54.9 Å². The molecule has 1 aromatic heterocycles.